The van der Waals surface area contributed by atoms with Gasteiger partial charge < -0.3 is 14.5 Å². The number of aromatic amines is 1. The standard InChI is InChI=1S/C21H14N2O3/c1-11-10-22-20-16(11)17-14-4-2-3-5-15(14)26-21(25)18(17)19(23-20)12-6-8-13(24)9-7-12/h2-10,24H,1H3,(H,22,23). The number of H-pyrrole nitrogens is 1. The molecule has 0 saturated heterocycles. The van der Waals surface area contributed by atoms with Crippen LogP contribution in [0.25, 0.3) is 44.0 Å². The van der Waals surface area contributed by atoms with Gasteiger partial charge in [-0.3, -0.25) is 0 Å². The van der Waals surface area contributed by atoms with E-state index in [1.165, 1.54) is 0 Å². The lowest BCUT2D eigenvalue weighted by Crippen LogP contribution is -2.04. The Morgan fingerprint density at radius 3 is 2.58 bits per heavy atom. The van der Waals surface area contributed by atoms with Gasteiger partial charge in [0.1, 0.15) is 17.0 Å². The molecule has 0 aliphatic heterocycles. The highest BCUT2D eigenvalue weighted by Crippen LogP contribution is 2.36. The predicted molar refractivity (Wildman–Crippen MR) is 101 cm³/mol. The number of aromatic nitrogens is 2. The third kappa shape index (κ3) is 1.97. The molecule has 0 aliphatic carbocycles. The van der Waals surface area contributed by atoms with Gasteiger partial charge in [-0.05, 0) is 42.8 Å². The maximum Gasteiger partial charge on any atom is 0.346 e. The summed E-state index contributed by atoms with van der Waals surface area (Å²) in [6.07, 6.45) is 1.89. The number of fused-ring (bicyclic) bond motifs is 5. The molecule has 5 aromatic rings. The van der Waals surface area contributed by atoms with E-state index in [9.17, 15) is 9.90 Å². The van der Waals surface area contributed by atoms with Gasteiger partial charge in [-0.15, -0.1) is 0 Å². The van der Waals surface area contributed by atoms with Crippen LogP contribution in [-0.4, -0.2) is 15.1 Å². The fourth-order valence-corrected chi connectivity index (χ4v) is 3.53. The molecule has 0 saturated carbocycles. The molecule has 2 N–H and O–H groups in total. The Balaban J connectivity index is 2.08. The summed E-state index contributed by atoms with van der Waals surface area (Å²) in [6, 6.07) is 14.2. The van der Waals surface area contributed by atoms with E-state index >= 15 is 0 Å². The van der Waals surface area contributed by atoms with E-state index in [0.29, 0.717) is 22.3 Å². The van der Waals surface area contributed by atoms with Crippen molar-refractivity contribution in [2.45, 2.75) is 6.92 Å². The summed E-state index contributed by atoms with van der Waals surface area (Å²) in [7, 11) is 0. The number of aryl methyl sites for hydroxylation is 1. The van der Waals surface area contributed by atoms with Crippen molar-refractivity contribution in [3.8, 4) is 17.0 Å². The zero-order valence-electron chi connectivity index (χ0n) is 13.9. The number of hydrogen-bond donors (Lipinski definition) is 2. The molecule has 0 fully saturated rings. The minimum absolute atomic E-state index is 0.160. The Hall–Kier alpha value is -3.60. The van der Waals surface area contributed by atoms with E-state index in [2.05, 4.69) is 4.98 Å². The SMILES string of the molecule is Cc1c[nH]c2nc(-c3ccc(O)cc3)c3c(=O)oc4ccccc4c3c12. The van der Waals surface area contributed by atoms with Crippen molar-refractivity contribution < 1.29 is 9.52 Å². The number of nitrogens with zero attached hydrogens (tertiary/aromatic N) is 1. The van der Waals surface area contributed by atoms with Crippen LogP contribution in [0.3, 0.4) is 0 Å². The average Bonchev–Trinajstić information content (AvgIpc) is 3.02. The highest BCUT2D eigenvalue weighted by Gasteiger charge is 2.19. The van der Waals surface area contributed by atoms with Gasteiger partial charge in [-0.1, -0.05) is 18.2 Å². The molecule has 26 heavy (non-hydrogen) atoms. The van der Waals surface area contributed by atoms with Crippen LogP contribution >= 0.6 is 0 Å². The topological polar surface area (TPSA) is 79.1 Å². The Morgan fingerprint density at radius 2 is 1.77 bits per heavy atom. The molecule has 3 heterocycles. The predicted octanol–water partition coefficient (Wildman–Crippen LogP) is 4.50. The van der Waals surface area contributed by atoms with Gasteiger partial charge in [-0.25, -0.2) is 9.78 Å². The number of para-hydroxylation sites is 1. The Kier molecular flexibility index (Phi) is 2.94. The summed E-state index contributed by atoms with van der Waals surface area (Å²) in [5.74, 6) is 0.160. The number of phenols is 1. The normalized spacial score (nSPS) is 11.6. The monoisotopic (exact) mass is 342 g/mol. The minimum Gasteiger partial charge on any atom is -0.508 e. The molecule has 0 radical (unpaired) electrons. The molecule has 0 spiro atoms. The van der Waals surface area contributed by atoms with Crippen LogP contribution in [0.1, 0.15) is 5.56 Å². The Morgan fingerprint density at radius 1 is 1.00 bits per heavy atom. The molecule has 0 amide bonds. The van der Waals surface area contributed by atoms with E-state index in [-0.39, 0.29) is 5.75 Å². The lowest BCUT2D eigenvalue weighted by Gasteiger charge is -2.10. The van der Waals surface area contributed by atoms with E-state index in [0.717, 1.165) is 27.3 Å². The molecule has 3 aromatic heterocycles. The molecule has 2 aromatic carbocycles. The molecular weight excluding hydrogens is 328 g/mol. The maximum atomic E-state index is 12.9. The quantitative estimate of drug-likeness (QED) is 0.347. The van der Waals surface area contributed by atoms with Crippen molar-refractivity contribution in [2.75, 3.05) is 0 Å². The van der Waals surface area contributed by atoms with Crippen LogP contribution in [0.4, 0.5) is 0 Å². The van der Waals surface area contributed by atoms with Crippen molar-refractivity contribution in [2.24, 2.45) is 0 Å². The van der Waals surface area contributed by atoms with Gasteiger partial charge >= 0.3 is 5.63 Å². The van der Waals surface area contributed by atoms with Crippen molar-refractivity contribution in [1.82, 2.24) is 9.97 Å². The molecular formula is C21H14N2O3. The maximum absolute atomic E-state index is 12.9. The molecule has 0 aliphatic rings. The van der Waals surface area contributed by atoms with Crippen LogP contribution in [0.5, 0.6) is 5.75 Å². The van der Waals surface area contributed by atoms with E-state index in [1.54, 1.807) is 30.3 Å². The van der Waals surface area contributed by atoms with Gasteiger partial charge in [0.25, 0.3) is 0 Å². The number of phenolic OH excluding ortho intramolecular Hbond substituents is 1. The molecule has 5 nitrogen and oxygen atoms in total. The largest absolute Gasteiger partial charge is 0.508 e. The lowest BCUT2D eigenvalue weighted by molar-refractivity contribution is 0.475. The van der Waals surface area contributed by atoms with E-state index in [1.807, 2.05) is 31.3 Å². The first-order valence-electron chi connectivity index (χ1n) is 8.26. The average molecular weight is 342 g/mol. The third-order valence-electron chi connectivity index (χ3n) is 4.72. The molecule has 126 valence electrons. The number of rotatable bonds is 1. The van der Waals surface area contributed by atoms with Gasteiger partial charge in [0.15, 0.2) is 0 Å². The molecule has 5 rings (SSSR count). The highest BCUT2D eigenvalue weighted by molar-refractivity contribution is 6.21. The summed E-state index contributed by atoms with van der Waals surface area (Å²) in [6.45, 7) is 1.99. The highest BCUT2D eigenvalue weighted by atomic mass is 16.4. The van der Waals surface area contributed by atoms with Crippen molar-refractivity contribution >= 4 is 32.8 Å². The Labute approximate surface area is 147 Å². The van der Waals surface area contributed by atoms with Gasteiger partial charge in [0.05, 0.1) is 11.1 Å². The van der Waals surface area contributed by atoms with E-state index < -0.39 is 5.63 Å². The number of pyridine rings is 1. The van der Waals surface area contributed by atoms with Crippen LogP contribution < -0.4 is 5.63 Å². The molecule has 5 heteroatoms. The fourth-order valence-electron chi connectivity index (χ4n) is 3.53. The van der Waals surface area contributed by atoms with Crippen LogP contribution in [0.2, 0.25) is 0 Å². The summed E-state index contributed by atoms with van der Waals surface area (Å²) in [4.78, 5) is 20.8. The molecule has 0 atom stereocenters. The Bertz CT molecular complexity index is 1360. The minimum atomic E-state index is -0.420. The number of aromatic hydroxyl groups is 1. The van der Waals surface area contributed by atoms with Crippen molar-refractivity contribution in [1.29, 1.82) is 0 Å². The summed E-state index contributed by atoms with van der Waals surface area (Å²) in [5.41, 5.74) is 3.14. The lowest BCUT2D eigenvalue weighted by atomic mass is 9.99. The van der Waals surface area contributed by atoms with Gasteiger partial charge in [0.2, 0.25) is 0 Å². The van der Waals surface area contributed by atoms with Crippen molar-refractivity contribution in [3.63, 3.8) is 0 Å². The second kappa shape index (κ2) is 5.20. The van der Waals surface area contributed by atoms with Crippen LogP contribution in [0.15, 0.2) is 63.9 Å². The number of nitrogens with one attached hydrogen (secondary N) is 1. The second-order valence-electron chi connectivity index (χ2n) is 6.34. The van der Waals surface area contributed by atoms with Gasteiger partial charge in [-0.2, -0.15) is 0 Å². The second-order valence-corrected chi connectivity index (χ2v) is 6.34. The van der Waals surface area contributed by atoms with Crippen molar-refractivity contribution in [3.05, 3.63) is 70.7 Å². The zero-order chi connectivity index (χ0) is 17.8. The smallest absolute Gasteiger partial charge is 0.346 e. The zero-order valence-corrected chi connectivity index (χ0v) is 13.9. The number of hydrogen-bond acceptors (Lipinski definition) is 4. The number of benzene rings is 2. The van der Waals surface area contributed by atoms with Crippen LogP contribution in [-0.2, 0) is 0 Å². The van der Waals surface area contributed by atoms with Gasteiger partial charge in [0, 0.05) is 27.9 Å². The molecule has 0 unspecified atom stereocenters. The summed E-state index contributed by atoms with van der Waals surface area (Å²) < 4.78 is 5.57. The van der Waals surface area contributed by atoms with E-state index in [4.69, 9.17) is 9.40 Å². The summed E-state index contributed by atoms with van der Waals surface area (Å²) in [5, 5.41) is 12.7. The van der Waals surface area contributed by atoms with Crippen LogP contribution in [0, 0.1) is 6.92 Å². The summed E-state index contributed by atoms with van der Waals surface area (Å²) >= 11 is 0. The third-order valence-corrected chi connectivity index (χ3v) is 4.72. The molecule has 0 bridgehead atoms. The first kappa shape index (κ1) is 14.7. The first-order chi connectivity index (χ1) is 12.6. The fraction of sp³-hybridized carbons (Fsp3) is 0.0476. The first-order valence-corrected chi connectivity index (χ1v) is 8.26.